The third-order valence-electron chi connectivity index (χ3n) is 4.52. The minimum atomic E-state index is 0.0481. The summed E-state index contributed by atoms with van der Waals surface area (Å²) >= 11 is 0. The molecule has 0 aliphatic heterocycles. The van der Waals surface area contributed by atoms with Crippen LogP contribution >= 0.6 is 0 Å². The smallest absolute Gasteiger partial charge is 0.220 e. The lowest BCUT2D eigenvalue weighted by atomic mass is 10.1. The van der Waals surface area contributed by atoms with Crippen LogP contribution in [0, 0.1) is 6.92 Å². The highest BCUT2D eigenvalue weighted by Gasteiger charge is 2.11. The number of methoxy groups -OCH3 is 1. The average molecular weight is 394 g/mol. The number of hydrogen-bond donors (Lipinski definition) is 1. The highest BCUT2D eigenvalue weighted by molar-refractivity contribution is 5.61. The molecule has 0 saturated carbocycles. The molecule has 1 unspecified atom stereocenters. The molecule has 1 aromatic heterocycles. The first kappa shape index (κ1) is 20.5. The first-order chi connectivity index (χ1) is 14.0. The Hall–Kier alpha value is -3.28. The lowest BCUT2D eigenvalue weighted by molar-refractivity contribution is 0.217. The van der Waals surface area contributed by atoms with Crippen molar-refractivity contribution in [3.8, 4) is 34.5 Å². The highest BCUT2D eigenvalue weighted by atomic mass is 16.5. The van der Waals surface area contributed by atoms with Crippen molar-refractivity contribution in [1.29, 1.82) is 0 Å². The number of benzene rings is 2. The Morgan fingerprint density at radius 2 is 1.83 bits per heavy atom. The zero-order chi connectivity index (χ0) is 20.8. The van der Waals surface area contributed by atoms with Crippen LogP contribution in [0.15, 0.2) is 48.7 Å². The van der Waals surface area contributed by atoms with E-state index >= 15 is 0 Å². The molecule has 6 heteroatoms. The number of aryl methyl sites for hydroxylation is 1. The zero-order valence-corrected chi connectivity index (χ0v) is 17.2. The third-order valence-corrected chi connectivity index (χ3v) is 4.52. The summed E-state index contributed by atoms with van der Waals surface area (Å²) in [7, 11) is 1.64. The van der Waals surface area contributed by atoms with Crippen molar-refractivity contribution in [1.82, 2.24) is 9.97 Å². The summed E-state index contributed by atoms with van der Waals surface area (Å²) in [6.45, 7) is 6.30. The maximum absolute atomic E-state index is 10.1. The molecule has 3 rings (SSSR count). The Balaban J connectivity index is 1.81. The number of rotatable bonds is 8. The minimum absolute atomic E-state index is 0.0481. The van der Waals surface area contributed by atoms with Crippen LogP contribution in [-0.4, -0.2) is 28.3 Å². The molecule has 0 fully saturated rings. The second-order valence-electron chi connectivity index (χ2n) is 6.87. The average Bonchev–Trinajstić information content (AvgIpc) is 2.73. The van der Waals surface area contributed by atoms with Crippen LogP contribution in [0.1, 0.15) is 31.4 Å². The van der Waals surface area contributed by atoms with E-state index in [0.717, 1.165) is 23.3 Å². The largest absolute Gasteiger partial charge is 0.508 e. The van der Waals surface area contributed by atoms with E-state index in [1.165, 1.54) is 0 Å². The van der Waals surface area contributed by atoms with E-state index in [9.17, 15) is 5.11 Å². The first-order valence-electron chi connectivity index (χ1n) is 9.59. The van der Waals surface area contributed by atoms with E-state index in [-0.39, 0.29) is 11.9 Å². The predicted molar refractivity (Wildman–Crippen MR) is 112 cm³/mol. The second-order valence-corrected chi connectivity index (χ2v) is 6.87. The predicted octanol–water partition coefficient (Wildman–Crippen LogP) is 4.92. The topological polar surface area (TPSA) is 73.7 Å². The van der Waals surface area contributed by atoms with Gasteiger partial charge in [0.15, 0.2) is 5.82 Å². The minimum Gasteiger partial charge on any atom is -0.508 e. The van der Waals surface area contributed by atoms with Gasteiger partial charge in [0.25, 0.3) is 0 Å². The van der Waals surface area contributed by atoms with Crippen LogP contribution in [0.5, 0.6) is 23.1 Å². The summed E-state index contributed by atoms with van der Waals surface area (Å²) in [5.74, 6) is 2.45. The van der Waals surface area contributed by atoms with Gasteiger partial charge in [-0.15, -0.1) is 0 Å². The van der Waals surface area contributed by atoms with Gasteiger partial charge < -0.3 is 19.3 Å². The van der Waals surface area contributed by atoms with Gasteiger partial charge in [-0.1, -0.05) is 19.1 Å². The SMILES string of the molecule is CCC(C)Oc1cc(O)cc(-c2ncc(C)c(OCc3ccc(OC)cc3)n2)c1. The van der Waals surface area contributed by atoms with Crippen LogP contribution in [-0.2, 0) is 6.61 Å². The number of phenolic OH excluding ortho intramolecular Hbond substituents is 1. The zero-order valence-electron chi connectivity index (χ0n) is 17.2. The van der Waals surface area contributed by atoms with Crippen molar-refractivity contribution in [3.63, 3.8) is 0 Å². The van der Waals surface area contributed by atoms with Crippen molar-refractivity contribution in [2.75, 3.05) is 7.11 Å². The Labute approximate surface area is 171 Å². The van der Waals surface area contributed by atoms with Crippen molar-refractivity contribution >= 4 is 0 Å². The van der Waals surface area contributed by atoms with E-state index in [2.05, 4.69) is 9.97 Å². The van der Waals surface area contributed by atoms with Crippen molar-refractivity contribution < 1.29 is 19.3 Å². The van der Waals surface area contributed by atoms with Crippen molar-refractivity contribution in [2.45, 2.75) is 39.9 Å². The van der Waals surface area contributed by atoms with Gasteiger partial charge in [-0.3, -0.25) is 0 Å². The summed E-state index contributed by atoms with van der Waals surface area (Å²) in [4.78, 5) is 8.94. The molecule has 0 amide bonds. The highest BCUT2D eigenvalue weighted by Crippen LogP contribution is 2.29. The fourth-order valence-electron chi connectivity index (χ4n) is 2.68. The summed E-state index contributed by atoms with van der Waals surface area (Å²) in [6, 6.07) is 12.7. The fraction of sp³-hybridized carbons (Fsp3) is 0.304. The Morgan fingerprint density at radius 1 is 1.07 bits per heavy atom. The van der Waals surface area contributed by atoms with Gasteiger partial charge in [-0.25, -0.2) is 4.98 Å². The molecule has 0 bridgehead atoms. The molecular formula is C23H26N2O4. The summed E-state index contributed by atoms with van der Waals surface area (Å²) < 4.78 is 16.9. The molecular weight excluding hydrogens is 368 g/mol. The van der Waals surface area contributed by atoms with Crippen LogP contribution in [0.3, 0.4) is 0 Å². The van der Waals surface area contributed by atoms with E-state index in [0.29, 0.717) is 29.6 Å². The van der Waals surface area contributed by atoms with Crippen LogP contribution in [0.4, 0.5) is 0 Å². The summed E-state index contributed by atoms with van der Waals surface area (Å²) in [6.07, 6.45) is 2.63. The van der Waals surface area contributed by atoms with Crippen molar-refractivity contribution in [2.24, 2.45) is 0 Å². The van der Waals surface area contributed by atoms with E-state index in [4.69, 9.17) is 14.2 Å². The van der Waals surface area contributed by atoms with Gasteiger partial charge in [-0.05, 0) is 50.1 Å². The lowest BCUT2D eigenvalue weighted by Crippen LogP contribution is -2.09. The van der Waals surface area contributed by atoms with Gasteiger partial charge in [-0.2, -0.15) is 4.98 Å². The number of phenols is 1. The Morgan fingerprint density at radius 3 is 2.52 bits per heavy atom. The van der Waals surface area contributed by atoms with Gasteiger partial charge in [0.1, 0.15) is 23.9 Å². The second kappa shape index (κ2) is 9.28. The number of hydrogen-bond acceptors (Lipinski definition) is 6. The number of nitrogens with zero attached hydrogens (tertiary/aromatic N) is 2. The van der Waals surface area contributed by atoms with Gasteiger partial charge in [0, 0.05) is 23.4 Å². The molecule has 0 spiro atoms. The normalized spacial score (nSPS) is 11.7. The molecule has 1 N–H and O–H groups in total. The maximum atomic E-state index is 10.1. The van der Waals surface area contributed by atoms with Crippen LogP contribution in [0.25, 0.3) is 11.4 Å². The quantitative estimate of drug-likeness (QED) is 0.584. The Bertz CT molecular complexity index is 958. The molecule has 29 heavy (non-hydrogen) atoms. The Kier molecular flexibility index (Phi) is 6.54. The molecule has 6 nitrogen and oxygen atoms in total. The molecule has 2 aromatic carbocycles. The third kappa shape index (κ3) is 5.38. The lowest BCUT2D eigenvalue weighted by Gasteiger charge is -2.14. The molecule has 0 aliphatic rings. The van der Waals surface area contributed by atoms with Crippen LogP contribution < -0.4 is 14.2 Å². The summed E-state index contributed by atoms with van der Waals surface area (Å²) in [5, 5.41) is 10.1. The summed E-state index contributed by atoms with van der Waals surface area (Å²) in [5.41, 5.74) is 2.50. The molecule has 1 heterocycles. The van der Waals surface area contributed by atoms with Crippen molar-refractivity contribution in [3.05, 3.63) is 59.8 Å². The van der Waals surface area contributed by atoms with Gasteiger partial charge >= 0.3 is 0 Å². The van der Waals surface area contributed by atoms with E-state index in [1.807, 2.05) is 51.1 Å². The van der Waals surface area contributed by atoms with Gasteiger partial charge in [0.05, 0.1) is 13.2 Å². The molecule has 152 valence electrons. The van der Waals surface area contributed by atoms with Crippen LogP contribution in [0.2, 0.25) is 0 Å². The first-order valence-corrected chi connectivity index (χ1v) is 9.59. The molecule has 3 aromatic rings. The van der Waals surface area contributed by atoms with E-state index in [1.54, 1.807) is 25.4 Å². The molecule has 1 atom stereocenters. The number of ether oxygens (including phenoxy) is 3. The standard InChI is InChI=1S/C23H26N2O4/c1-5-16(3)29-21-11-18(10-19(26)12-21)22-24-13-15(2)23(25-22)28-14-17-6-8-20(27-4)9-7-17/h6-13,16,26H,5,14H2,1-4H3. The monoisotopic (exact) mass is 394 g/mol. The molecule has 0 aliphatic carbocycles. The molecule has 0 radical (unpaired) electrons. The number of aromatic hydroxyl groups is 1. The molecule has 0 saturated heterocycles. The number of aromatic nitrogens is 2. The fourth-order valence-corrected chi connectivity index (χ4v) is 2.68. The maximum Gasteiger partial charge on any atom is 0.220 e. The van der Waals surface area contributed by atoms with E-state index < -0.39 is 0 Å². The van der Waals surface area contributed by atoms with Gasteiger partial charge in [0.2, 0.25) is 5.88 Å².